The molecule has 0 aliphatic heterocycles. The summed E-state index contributed by atoms with van der Waals surface area (Å²) in [5.74, 6) is -1.08. The smallest absolute Gasteiger partial charge is 0.341 e. The first-order valence-corrected chi connectivity index (χ1v) is 7.08. The predicted molar refractivity (Wildman–Crippen MR) is 74.8 cm³/mol. The summed E-state index contributed by atoms with van der Waals surface area (Å²) in [6, 6.07) is 4.47. The van der Waals surface area contributed by atoms with Crippen molar-refractivity contribution in [3.05, 3.63) is 35.1 Å². The average molecular weight is 266 g/mol. The van der Waals surface area contributed by atoms with E-state index in [2.05, 4.69) is 6.92 Å². The van der Waals surface area contributed by atoms with Crippen LogP contribution in [0.4, 0.5) is 4.39 Å². The van der Waals surface area contributed by atoms with E-state index in [1.54, 1.807) is 6.07 Å². The highest BCUT2D eigenvalue weighted by molar-refractivity contribution is 5.89. The van der Waals surface area contributed by atoms with E-state index in [0.717, 1.165) is 18.4 Å². The summed E-state index contributed by atoms with van der Waals surface area (Å²) < 4.78 is 18.5. The number of benzene rings is 1. The Bertz CT molecular complexity index is 402. The van der Waals surface area contributed by atoms with E-state index in [1.165, 1.54) is 37.8 Å². The third-order valence-electron chi connectivity index (χ3n) is 3.07. The molecule has 1 rings (SSSR count). The molecule has 0 radical (unpaired) electrons. The van der Waals surface area contributed by atoms with Gasteiger partial charge in [0.15, 0.2) is 0 Å². The van der Waals surface area contributed by atoms with E-state index in [1.807, 2.05) is 6.92 Å². The molecule has 0 saturated heterocycles. The van der Waals surface area contributed by atoms with Gasteiger partial charge in [0.2, 0.25) is 0 Å². The maximum atomic E-state index is 13.4. The summed E-state index contributed by atoms with van der Waals surface area (Å²) in [6.45, 7) is 4.38. The lowest BCUT2D eigenvalue weighted by Crippen LogP contribution is -2.09. The lowest BCUT2D eigenvalue weighted by molar-refractivity contribution is 0.0492. The largest absolute Gasteiger partial charge is 0.462 e. The molecule has 2 nitrogen and oxygen atoms in total. The Labute approximate surface area is 115 Å². The molecular weight excluding hydrogens is 243 g/mol. The van der Waals surface area contributed by atoms with Crippen LogP contribution in [-0.4, -0.2) is 12.6 Å². The number of carbonyl (C=O) groups excluding carboxylic acids is 1. The van der Waals surface area contributed by atoms with E-state index in [-0.39, 0.29) is 5.56 Å². The summed E-state index contributed by atoms with van der Waals surface area (Å²) >= 11 is 0. The van der Waals surface area contributed by atoms with Crippen LogP contribution in [0.15, 0.2) is 18.2 Å². The van der Waals surface area contributed by atoms with Crippen LogP contribution in [0.3, 0.4) is 0 Å². The van der Waals surface area contributed by atoms with Gasteiger partial charge in [-0.15, -0.1) is 0 Å². The van der Waals surface area contributed by atoms with Crippen molar-refractivity contribution in [3.63, 3.8) is 0 Å². The monoisotopic (exact) mass is 266 g/mol. The Morgan fingerprint density at radius 3 is 2.58 bits per heavy atom. The second-order valence-corrected chi connectivity index (χ2v) is 4.89. The topological polar surface area (TPSA) is 26.3 Å². The molecule has 0 unspecified atom stereocenters. The van der Waals surface area contributed by atoms with Crippen molar-refractivity contribution in [1.82, 2.24) is 0 Å². The second-order valence-electron chi connectivity index (χ2n) is 4.89. The molecule has 0 aromatic heterocycles. The molecule has 0 amide bonds. The predicted octanol–water partition coefficient (Wildman–Crippen LogP) is 4.65. The molecule has 0 saturated carbocycles. The zero-order valence-electron chi connectivity index (χ0n) is 11.9. The van der Waals surface area contributed by atoms with Gasteiger partial charge >= 0.3 is 5.97 Å². The van der Waals surface area contributed by atoms with E-state index >= 15 is 0 Å². The Kier molecular flexibility index (Phi) is 7.16. The fourth-order valence-corrected chi connectivity index (χ4v) is 1.92. The van der Waals surface area contributed by atoms with Crippen molar-refractivity contribution in [3.8, 4) is 0 Å². The molecule has 0 N–H and O–H groups in total. The van der Waals surface area contributed by atoms with Crippen LogP contribution in [0.2, 0.25) is 0 Å². The number of hydrogen-bond acceptors (Lipinski definition) is 2. The number of carbonyl (C=O) groups is 1. The summed E-state index contributed by atoms with van der Waals surface area (Å²) in [4.78, 5) is 11.7. The SMILES string of the molecule is CCCCCCCCOC(=O)c1cc(C)ccc1F. The Morgan fingerprint density at radius 1 is 1.16 bits per heavy atom. The lowest BCUT2D eigenvalue weighted by Gasteiger charge is -2.06. The van der Waals surface area contributed by atoms with Crippen molar-refractivity contribution in [2.24, 2.45) is 0 Å². The number of ether oxygens (including phenoxy) is 1. The fourth-order valence-electron chi connectivity index (χ4n) is 1.92. The molecule has 3 heteroatoms. The van der Waals surface area contributed by atoms with Crippen molar-refractivity contribution >= 4 is 5.97 Å². The number of esters is 1. The van der Waals surface area contributed by atoms with Gasteiger partial charge in [-0.3, -0.25) is 0 Å². The zero-order chi connectivity index (χ0) is 14.1. The maximum Gasteiger partial charge on any atom is 0.341 e. The third-order valence-corrected chi connectivity index (χ3v) is 3.07. The Hall–Kier alpha value is -1.38. The molecule has 0 atom stereocenters. The van der Waals surface area contributed by atoms with Gasteiger partial charge in [0.25, 0.3) is 0 Å². The van der Waals surface area contributed by atoms with Crippen LogP contribution in [0.5, 0.6) is 0 Å². The molecule has 0 aliphatic carbocycles. The van der Waals surface area contributed by atoms with Crippen molar-refractivity contribution in [1.29, 1.82) is 0 Å². The Balaban J connectivity index is 2.26. The van der Waals surface area contributed by atoms with Crippen molar-refractivity contribution in [2.45, 2.75) is 52.4 Å². The van der Waals surface area contributed by atoms with E-state index in [4.69, 9.17) is 4.74 Å². The highest BCUT2D eigenvalue weighted by Gasteiger charge is 2.12. The first-order valence-electron chi connectivity index (χ1n) is 7.08. The molecular formula is C16H23FO2. The van der Waals surface area contributed by atoms with Gasteiger partial charge in [0.1, 0.15) is 5.82 Å². The minimum Gasteiger partial charge on any atom is -0.462 e. The Morgan fingerprint density at radius 2 is 1.84 bits per heavy atom. The highest BCUT2D eigenvalue weighted by Crippen LogP contribution is 2.12. The molecule has 0 heterocycles. The number of hydrogen-bond donors (Lipinski definition) is 0. The maximum absolute atomic E-state index is 13.4. The van der Waals surface area contributed by atoms with Crippen LogP contribution < -0.4 is 0 Å². The van der Waals surface area contributed by atoms with Gasteiger partial charge in [0, 0.05) is 0 Å². The van der Waals surface area contributed by atoms with Crippen molar-refractivity contribution < 1.29 is 13.9 Å². The van der Waals surface area contributed by atoms with Crippen LogP contribution in [-0.2, 0) is 4.74 Å². The van der Waals surface area contributed by atoms with Gasteiger partial charge in [-0.05, 0) is 25.5 Å². The number of halogens is 1. The summed E-state index contributed by atoms with van der Waals surface area (Å²) in [6.07, 6.45) is 6.80. The highest BCUT2D eigenvalue weighted by atomic mass is 19.1. The van der Waals surface area contributed by atoms with Gasteiger partial charge in [-0.1, -0.05) is 50.7 Å². The molecule has 1 aromatic rings. The van der Waals surface area contributed by atoms with E-state index in [9.17, 15) is 9.18 Å². The second kappa shape index (κ2) is 8.68. The van der Waals surface area contributed by atoms with Crippen LogP contribution in [0.1, 0.15) is 61.4 Å². The molecule has 0 spiro atoms. The molecule has 19 heavy (non-hydrogen) atoms. The number of rotatable bonds is 8. The molecule has 106 valence electrons. The normalized spacial score (nSPS) is 10.5. The fraction of sp³-hybridized carbons (Fsp3) is 0.562. The van der Waals surface area contributed by atoms with Crippen LogP contribution in [0.25, 0.3) is 0 Å². The average Bonchev–Trinajstić information content (AvgIpc) is 2.40. The van der Waals surface area contributed by atoms with Gasteiger partial charge in [-0.25, -0.2) is 9.18 Å². The number of unbranched alkanes of at least 4 members (excludes halogenated alkanes) is 5. The van der Waals surface area contributed by atoms with Crippen LogP contribution in [0, 0.1) is 12.7 Å². The summed E-state index contributed by atoms with van der Waals surface area (Å²) in [7, 11) is 0. The van der Waals surface area contributed by atoms with Gasteiger partial charge in [0.05, 0.1) is 12.2 Å². The molecule has 0 aliphatic rings. The third kappa shape index (κ3) is 5.86. The minimum absolute atomic E-state index is 0.0333. The van der Waals surface area contributed by atoms with Crippen molar-refractivity contribution in [2.75, 3.05) is 6.61 Å². The number of aryl methyl sites for hydroxylation is 1. The summed E-state index contributed by atoms with van der Waals surface area (Å²) in [5, 5.41) is 0. The first-order chi connectivity index (χ1) is 9.15. The first kappa shape index (κ1) is 15.7. The minimum atomic E-state index is -0.560. The van der Waals surface area contributed by atoms with Gasteiger partial charge < -0.3 is 4.74 Å². The summed E-state index contributed by atoms with van der Waals surface area (Å²) in [5.41, 5.74) is 0.888. The van der Waals surface area contributed by atoms with E-state index in [0.29, 0.717) is 6.61 Å². The van der Waals surface area contributed by atoms with Crippen LogP contribution >= 0.6 is 0 Å². The standard InChI is InChI=1S/C16H23FO2/c1-3-4-5-6-7-8-11-19-16(18)14-12-13(2)9-10-15(14)17/h9-10,12H,3-8,11H2,1-2H3. The zero-order valence-corrected chi connectivity index (χ0v) is 11.9. The molecule has 0 fully saturated rings. The molecule has 1 aromatic carbocycles. The quantitative estimate of drug-likeness (QED) is 0.505. The lowest BCUT2D eigenvalue weighted by atomic mass is 10.1. The van der Waals surface area contributed by atoms with E-state index < -0.39 is 11.8 Å². The molecule has 0 bridgehead atoms. The van der Waals surface area contributed by atoms with Gasteiger partial charge in [-0.2, -0.15) is 0 Å².